The predicted octanol–water partition coefficient (Wildman–Crippen LogP) is 2.04. The van der Waals surface area contributed by atoms with Gasteiger partial charge in [0.05, 0.1) is 20.8 Å². The van der Waals surface area contributed by atoms with E-state index in [0.717, 1.165) is 17.1 Å². The smallest absolute Gasteiger partial charge is 0.223 e. The van der Waals surface area contributed by atoms with Crippen LogP contribution in [0.15, 0.2) is 18.2 Å². The molecule has 1 aromatic carbocycles. The maximum absolute atomic E-state index is 12.2. The first kappa shape index (κ1) is 17.3. The summed E-state index contributed by atoms with van der Waals surface area (Å²) in [5.74, 6) is 1.52. The lowest BCUT2D eigenvalue weighted by Gasteiger charge is -2.22. The van der Waals surface area contributed by atoms with E-state index in [4.69, 9.17) is 14.6 Å². The van der Waals surface area contributed by atoms with Gasteiger partial charge in [0.1, 0.15) is 11.5 Å². The minimum Gasteiger partial charge on any atom is -0.497 e. The van der Waals surface area contributed by atoms with Crippen LogP contribution in [-0.2, 0) is 4.79 Å². The molecule has 1 N–H and O–H groups in total. The van der Waals surface area contributed by atoms with E-state index in [0.29, 0.717) is 19.5 Å². The molecule has 0 aromatic heterocycles. The standard InChI is InChI=1S/C16H25NO4/c1-5-17(8-9-18)16(19)10-12(2)14-7-6-13(20-3)11-15(14)21-4/h6-7,11-12,18H,5,8-10H2,1-4H3. The number of amides is 1. The highest BCUT2D eigenvalue weighted by Crippen LogP contribution is 2.32. The molecule has 0 spiro atoms. The number of aliphatic hydroxyl groups excluding tert-OH is 1. The first-order chi connectivity index (χ1) is 10.1. The van der Waals surface area contributed by atoms with Gasteiger partial charge in [0.25, 0.3) is 0 Å². The quantitative estimate of drug-likeness (QED) is 0.797. The van der Waals surface area contributed by atoms with E-state index in [1.54, 1.807) is 19.1 Å². The van der Waals surface area contributed by atoms with Crippen molar-refractivity contribution in [2.45, 2.75) is 26.2 Å². The average Bonchev–Trinajstić information content (AvgIpc) is 2.51. The van der Waals surface area contributed by atoms with Crippen molar-refractivity contribution in [3.8, 4) is 11.5 Å². The second-order valence-electron chi connectivity index (χ2n) is 4.91. The molecule has 1 aromatic rings. The van der Waals surface area contributed by atoms with Gasteiger partial charge in [0.15, 0.2) is 0 Å². The number of benzene rings is 1. The summed E-state index contributed by atoms with van der Waals surface area (Å²) in [5.41, 5.74) is 0.978. The number of ether oxygens (including phenoxy) is 2. The van der Waals surface area contributed by atoms with Gasteiger partial charge >= 0.3 is 0 Å². The van der Waals surface area contributed by atoms with E-state index in [2.05, 4.69) is 0 Å². The molecular weight excluding hydrogens is 270 g/mol. The Balaban J connectivity index is 2.83. The Labute approximate surface area is 126 Å². The fraction of sp³-hybridized carbons (Fsp3) is 0.562. The molecule has 0 aliphatic carbocycles. The van der Waals surface area contributed by atoms with Crippen molar-refractivity contribution < 1.29 is 19.4 Å². The highest BCUT2D eigenvalue weighted by atomic mass is 16.5. The zero-order valence-corrected chi connectivity index (χ0v) is 13.3. The van der Waals surface area contributed by atoms with Crippen LogP contribution in [0.1, 0.15) is 31.7 Å². The van der Waals surface area contributed by atoms with E-state index < -0.39 is 0 Å². The monoisotopic (exact) mass is 295 g/mol. The van der Waals surface area contributed by atoms with Gasteiger partial charge in [-0.15, -0.1) is 0 Å². The first-order valence-electron chi connectivity index (χ1n) is 7.17. The molecule has 5 heteroatoms. The molecule has 1 unspecified atom stereocenters. The lowest BCUT2D eigenvalue weighted by Crippen LogP contribution is -2.33. The lowest BCUT2D eigenvalue weighted by atomic mass is 9.96. The van der Waals surface area contributed by atoms with E-state index in [1.807, 2.05) is 32.0 Å². The zero-order valence-electron chi connectivity index (χ0n) is 13.3. The molecule has 0 saturated heterocycles. The SMILES string of the molecule is CCN(CCO)C(=O)CC(C)c1ccc(OC)cc1OC. The minimum atomic E-state index is -0.0141. The van der Waals surface area contributed by atoms with Crippen molar-refractivity contribution in [3.05, 3.63) is 23.8 Å². The van der Waals surface area contributed by atoms with Crippen molar-refractivity contribution >= 4 is 5.91 Å². The number of methoxy groups -OCH3 is 2. The van der Waals surface area contributed by atoms with Gasteiger partial charge in [-0.1, -0.05) is 13.0 Å². The highest BCUT2D eigenvalue weighted by Gasteiger charge is 2.19. The third-order valence-electron chi connectivity index (χ3n) is 3.56. The molecular formula is C16H25NO4. The van der Waals surface area contributed by atoms with Crippen LogP contribution < -0.4 is 9.47 Å². The fourth-order valence-corrected chi connectivity index (χ4v) is 2.31. The number of hydrogen-bond donors (Lipinski definition) is 1. The molecule has 0 heterocycles. The number of carbonyl (C=O) groups is 1. The third-order valence-corrected chi connectivity index (χ3v) is 3.56. The highest BCUT2D eigenvalue weighted by molar-refractivity contribution is 5.77. The summed E-state index contributed by atoms with van der Waals surface area (Å²) in [4.78, 5) is 13.9. The predicted molar refractivity (Wildman–Crippen MR) is 81.9 cm³/mol. The van der Waals surface area contributed by atoms with Gasteiger partial charge in [-0.3, -0.25) is 4.79 Å². The van der Waals surface area contributed by atoms with E-state index >= 15 is 0 Å². The summed E-state index contributed by atoms with van der Waals surface area (Å²) < 4.78 is 10.6. The molecule has 1 amide bonds. The number of likely N-dealkylation sites (N-methyl/N-ethyl adjacent to an activating group) is 1. The Hall–Kier alpha value is -1.75. The first-order valence-corrected chi connectivity index (χ1v) is 7.17. The summed E-state index contributed by atoms with van der Waals surface area (Å²) >= 11 is 0. The van der Waals surface area contributed by atoms with Gasteiger partial charge in [-0.05, 0) is 24.5 Å². The Bertz CT molecular complexity index is 462. The number of carbonyl (C=O) groups excluding carboxylic acids is 1. The van der Waals surface area contributed by atoms with Gasteiger partial charge in [0.2, 0.25) is 5.91 Å². The van der Waals surface area contributed by atoms with Crippen molar-refractivity contribution in [3.63, 3.8) is 0 Å². The van der Waals surface area contributed by atoms with Crippen LogP contribution in [0.25, 0.3) is 0 Å². The maximum atomic E-state index is 12.2. The van der Waals surface area contributed by atoms with Crippen LogP contribution in [-0.4, -0.2) is 49.8 Å². The summed E-state index contributed by atoms with van der Waals surface area (Å²) in [7, 11) is 3.21. The molecule has 21 heavy (non-hydrogen) atoms. The zero-order chi connectivity index (χ0) is 15.8. The average molecular weight is 295 g/mol. The number of hydrogen-bond acceptors (Lipinski definition) is 4. The summed E-state index contributed by atoms with van der Waals surface area (Å²) in [5, 5.41) is 8.98. The summed E-state index contributed by atoms with van der Waals surface area (Å²) in [6.07, 6.45) is 0.385. The van der Waals surface area contributed by atoms with Crippen molar-refractivity contribution in [1.29, 1.82) is 0 Å². The molecule has 118 valence electrons. The van der Waals surface area contributed by atoms with Gasteiger partial charge in [-0.2, -0.15) is 0 Å². The molecule has 0 fully saturated rings. The summed E-state index contributed by atoms with van der Waals surface area (Å²) in [6.45, 7) is 4.87. The maximum Gasteiger partial charge on any atom is 0.223 e. The van der Waals surface area contributed by atoms with Gasteiger partial charge in [-0.25, -0.2) is 0 Å². The Morgan fingerprint density at radius 3 is 2.57 bits per heavy atom. The molecule has 0 radical (unpaired) electrons. The lowest BCUT2D eigenvalue weighted by molar-refractivity contribution is -0.131. The fourth-order valence-electron chi connectivity index (χ4n) is 2.31. The van der Waals surface area contributed by atoms with Crippen LogP contribution in [0.5, 0.6) is 11.5 Å². The molecule has 1 atom stereocenters. The van der Waals surface area contributed by atoms with Crippen LogP contribution in [0, 0.1) is 0 Å². The molecule has 5 nitrogen and oxygen atoms in total. The largest absolute Gasteiger partial charge is 0.497 e. The normalized spacial score (nSPS) is 11.9. The molecule has 0 saturated carbocycles. The van der Waals surface area contributed by atoms with Gasteiger partial charge < -0.3 is 19.5 Å². The van der Waals surface area contributed by atoms with E-state index in [1.165, 1.54) is 0 Å². The Morgan fingerprint density at radius 1 is 1.33 bits per heavy atom. The van der Waals surface area contributed by atoms with E-state index in [9.17, 15) is 4.79 Å². The van der Waals surface area contributed by atoms with Crippen molar-refractivity contribution in [2.75, 3.05) is 33.9 Å². The Morgan fingerprint density at radius 2 is 2.05 bits per heavy atom. The second kappa shape index (κ2) is 8.52. The van der Waals surface area contributed by atoms with Crippen LogP contribution in [0.4, 0.5) is 0 Å². The minimum absolute atomic E-state index is 0.0141. The van der Waals surface area contributed by atoms with Crippen LogP contribution in [0.3, 0.4) is 0 Å². The van der Waals surface area contributed by atoms with Crippen molar-refractivity contribution in [2.24, 2.45) is 0 Å². The number of rotatable bonds is 8. The van der Waals surface area contributed by atoms with E-state index in [-0.39, 0.29) is 18.4 Å². The van der Waals surface area contributed by atoms with Crippen molar-refractivity contribution in [1.82, 2.24) is 4.90 Å². The van der Waals surface area contributed by atoms with Gasteiger partial charge in [0, 0.05) is 25.6 Å². The van der Waals surface area contributed by atoms with Crippen LogP contribution in [0.2, 0.25) is 0 Å². The molecule has 0 bridgehead atoms. The molecule has 0 aliphatic heterocycles. The third kappa shape index (κ3) is 4.63. The summed E-state index contributed by atoms with van der Waals surface area (Å²) in [6, 6.07) is 5.61. The molecule has 1 rings (SSSR count). The van der Waals surface area contributed by atoms with Crippen LogP contribution >= 0.6 is 0 Å². The number of aliphatic hydroxyl groups is 1. The second-order valence-corrected chi connectivity index (χ2v) is 4.91. The topological polar surface area (TPSA) is 59.0 Å². The Kier molecular flexibility index (Phi) is 7.02. The number of nitrogens with zero attached hydrogens (tertiary/aromatic N) is 1. The molecule has 0 aliphatic rings.